The number of nitrogens with zero attached hydrogens (tertiary/aromatic N) is 3. The number of carboxylic acid groups (broad SMARTS) is 1. The van der Waals surface area contributed by atoms with E-state index in [-0.39, 0.29) is 11.3 Å². The summed E-state index contributed by atoms with van der Waals surface area (Å²) in [6, 6.07) is 22.0. The summed E-state index contributed by atoms with van der Waals surface area (Å²) >= 11 is 0. The minimum absolute atomic E-state index is 0.136. The molecule has 2 atom stereocenters. The zero-order chi connectivity index (χ0) is 28.9. The Morgan fingerprint density at radius 2 is 1.85 bits per heavy atom. The number of H-pyrrole nitrogens is 1. The second-order valence-electron chi connectivity index (χ2n) is 9.41. The van der Waals surface area contributed by atoms with Crippen LogP contribution in [0.3, 0.4) is 0 Å². The summed E-state index contributed by atoms with van der Waals surface area (Å²) in [5.41, 5.74) is -1.43. The number of benzene rings is 3. The van der Waals surface area contributed by atoms with Crippen LogP contribution in [0.1, 0.15) is 24.3 Å². The minimum atomic E-state index is -4.52. The molecule has 1 unspecified atom stereocenters. The Hall–Kier alpha value is -4.90. The lowest BCUT2D eigenvalue weighted by Gasteiger charge is -2.33. The predicted octanol–water partition coefficient (Wildman–Crippen LogP) is 4.18. The molecule has 0 saturated heterocycles. The van der Waals surface area contributed by atoms with Crippen molar-refractivity contribution in [3.8, 4) is 0 Å². The Bertz CT molecular complexity index is 1840. The van der Waals surface area contributed by atoms with E-state index in [2.05, 4.69) is 30.2 Å². The van der Waals surface area contributed by atoms with Crippen molar-refractivity contribution in [2.24, 2.45) is 4.99 Å². The van der Waals surface area contributed by atoms with Crippen molar-refractivity contribution >= 4 is 49.6 Å². The van der Waals surface area contributed by atoms with Crippen LogP contribution in [0.2, 0.25) is 0 Å². The first kappa shape index (κ1) is 27.7. The highest BCUT2D eigenvalue weighted by atomic mass is 32.2. The summed E-state index contributed by atoms with van der Waals surface area (Å²) in [7, 11) is -4.52. The van der Waals surface area contributed by atoms with Gasteiger partial charge >= 0.3 is 5.97 Å². The molecule has 208 valence electrons. The number of fused-ring (bicyclic) bond motifs is 2. The Morgan fingerprint density at radius 1 is 1.05 bits per heavy atom. The zero-order valence-electron chi connectivity index (χ0n) is 21.7. The number of aromatic amines is 1. The molecular formula is C29H26N6O5S. The van der Waals surface area contributed by atoms with E-state index in [4.69, 9.17) is 0 Å². The maximum Gasteiger partial charge on any atom is 0.349 e. The first-order chi connectivity index (χ1) is 19.8. The number of isocyanates is 1. The fourth-order valence-corrected chi connectivity index (χ4v) is 6.49. The van der Waals surface area contributed by atoms with E-state index in [1.54, 1.807) is 79.1 Å². The number of anilines is 1. The molecule has 0 aliphatic carbocycles. The van der Waals surface area contributed by atoms with Gasteiger partial charge in [0.15, 0.2) is 0 Å². The smallest absolute Gasteiger partial charge is 0.349 e. The van der Waals surface area contributed by atoms with E-state index in [1.165, 1.54) is 12.1 Å². The highest BCUT2D eigenvalue weighted by molar-refractivity contribution is 7.89. The van der Waals surface area contributed by atoms with Crippen molar-refractivity contribution in [2.45, 2.75) is 29.3 Å². The van der Waals surface area contributed by atoms with Crippen molar-refractivity contribution in [1.29, 1.82) is 0 Å². The van der Waals surface area contributed by atoms with E-state index < -0.39 is 27.6 Å². The van der Waals surface area contributed by atoms with Gasteiger partial charge in [-0.25, -0.2) is 23.0 Å². The number of aliphatic imine (C=N–C) groups is 1. The van der Waals surface area contributed by atoms with Gasteiger partial charge in [-0.2, -0.15) is 14.8 Å². The molecule has 41 heavy (non-hydrogen) atoms. The van der Waals surface area contributed by atoms with Crippen molar-refractivity contribution in [3.63, 3.8) is 0 Å². The summed E-state index contributed by atoms with van der Waals surface area (Å²) < 4.78 is 30.0. The molecule has 3 aromatic carbocycles. The number of nitrogens with one attached hydrogen (secondary N) is 3. The molecule has 4 N–H and O–H groups in total. The number of hydrogen-bond acceptors (Lipinski definition) is 8. The van der Waals surface area contributed by atoms with Crippen LogP contribution < -0.4 is 10.0 Å². The number of carbonyl (C=O) groups is 1. The molecule has 0 radical (unpaired) electrons. The van der Waals surface area contributed by atoms with Crippen molar-refractivity contribution in [2.75, 3.05) is 11.9 Å². The van der Waals surface area contributed by atoms with Crippen LogP contribution in [0.25, 0.3) is 21.7 Å². The average Bonchev–Trinajstić information content (AvgIpc) is 3.45. The van der Waals surface area contributed by atoms with E-state index in [1.807, 2.05) is 6.07 Å². The lowest BCUT2D eigenvalue weighted by molar-refractivity contribution is -0.144. The maximum atomic E-state index is 13.9. The lowest BCUT2D eigenvalue weighted by atomic mass is 9.82. The molecule has 0 spiro atoms. The molecule has 0 fully saturated rings. The van der Waals surface area contributed by atoms with Gasteiger partial charge in [0.25, 0.3) is 0 Å². The zero-order valence-corrected chi connectivity index (χ0v) is 22.5. The molecule has 11 nitrogen and oxygen atoms in total. The van der Waals surface area contributed by atoms with Gasteiger partial charge in [-0.1, -0.05) is 48.5 Å². The summed E-state index contributed by atoms with van der Waals surface area (Å²) in [6.45, 7) is 0.401. The molecule has 5 aromatic rings. The monoisotopic (exact) mass is 570 g/mol. The molecule has 2 heterocycles. The number of carboxylic acids is 1. The van der Waals surface area contributed by atoms with Crippen molar-refractivity contribution in [3.05, 3.63) is 96.8 Å². The normalized spacial score (nSPS) is 13.8. The molecule has 0 amide bonds. The van der Waals surface area contributed by atoms with Crippen LogP contribution in [0.4, 0.5) is 5.82 Å². The third kappa shape index (κ3) is 5.71. The van der Waals surface area contributed by atoms with E-state index >= 15 is 0 Å². The fraction of sp³-hybridized carbons (Fsp3) is 0.172. The standard InChI is InChI=1S/C29H26N6O5S/c36-19-32-29(28(37)38,35-41(39,40)26-11-5-8-20-7-1-2-9-23(20)26)24(10-6-16-31-27-12-3-4-15-30-27)21-13-14-25-22(17-21)18-33-34-25/h1-5,7-9,11-15,17-18,24,35H,6,10,16H2,(H,30,31)(H,33,34)(H,37,38)/t24?,29-/m0/s1. The van der Waals surface area contributed by atoms with E-state index in [9.17, 15) is 23.1 Å². The van der Waals surface area contributed by atoms with Gasteiger partial charge in [-0.15, -0.1) is 0 Å². The number of carbonyl (C=O) groups excluding carboxylic acids is 1. The van der Waals surface area contributed by atoms with Gasteiger partial charge in [-0.05, 0) is 54.1 Å². The van der Waals surface area contributed by atoms with Crippen molar-refractivity contribution in [1.82, 2.24) is 19.9 Å². The van der Waals surface area contributed by atoms with Gasteiger partial charge in [-0.3, -0.25) is 5.10 Å². The maximum absolute atomic E-state index is 13.9. The SMILES string of the molecule is O=C=N[C@@](NS(=O)(=O)c1cccc2ccccc12)(C(=O)O)C(CCCNc1ccccn1)c1ccc2[nH]ncc2c1. The van der Waals surface area contributed by atoms with Gasteiger partial charge in [0, 0.05) is 29.4 Å². The Balaban J connectivity index is 1.57. The highest BCUT2D eigenvalue weighted by Gasteiger charge is 2.50. The molecule has 0 aliphatic rings. The first-order valence-corrected chi connectivity index (χ1v) is 14.2. The third-order valence-electron chi connectivity index (χ3n) is 6.89. The Kier molecular flexibility index (Phi) is 7.88. The van der Waals surface area contributed by atoms with Gasteiger partial charge in [0.2, 0.25) is 21.8 Å². The lowest BCUT2D eigenvalue weighted by Crippen LogP contribution is -2.57. The van der Waals surface area contributed by atoms with Gasteiger partial charge in [0.1, 0.15) is 5.82 Å². The summed E-state index contributed by atoms with van der Waals surface area (Å²) in [5, 5.41) is 22.3. The number of hydrogen-bond donors (Lipinski definition) is 4. The van der Waals surface area contributed by atoms with Gasteiger partial charge < -0.3 is 10.4 Å². The van der Waals surface area contributed by atoms with Crippen LogP contribution >= 0.6 is 0 Å². The first-order valence-electron chi connectivity index (χ1n) is 12.8. The third-order valence-corrected chi connectivity index (χ3v) is 8.40. The van der Waals surface area contributed by atoms with E-state index in [0.29, 0.717) is 46.0 Å². The second-order valence-corrected chi connectivity index (χ2v) is 11.1. The van der Waals surface area contributed by atoms with Crippen molar-refractivity contribution < 1.29 is 23.1 Å². The number of aromatic nitrogens is 3. The summed E-state index contributed by atoms with van der Waals surface area (Å²) in [6.07, 6.45) is 5.07. The second kappa shape index (κ2) is 11.7. The Labute approximate surface area is 235 Å². The molecule has 12 heteroatoms. The predicted molar refractivity (Wildman–Crippen MR) is 154 cm³/mol. The number of pyridine rings is 1. The fourth-order valence-electron chi connectivity index (χ4n) is 4.96. The number of aliphatic carboxylic acids is 1. The van der Waals surface area contributed by atoms with Crippen LogP contribution in [0, 0.1) is 0 Å². The van der Waals surface area contributed by atoms with E-state index in [0.717, 1.165) is 0 Å². The number of rotatable bonds is 12. The van der Waals surface area contributed by atoms with Crippen LogP contribution in [0.5, 0.6) is 0 Å². The molecule has 0 aliphatic heterocycles. The van der Waals surface area contributed by atoms with Crippen LogP contribution in [0.15, 0.2) is 101 Å². The molecule has 0 bridgehead atoms. The van der Waals surface area contributed by atoms with Crippen LogP contribution in [-0.4, -0.2) is 53.0 Å². The highest BCUT2D eigenvalue weighted by Crippen LogP contribution is 2.37. The quantitative estimate of drug-likeness (QED) is 0.0984. The number of sulfonamides is 1. The molecule has 2 aromatic heterocycles. The van der Waals surface area contributed by atoms with Crippen LogP contribution in [-0.2, 0) is 19.6 Å². The Morgan fingerprint density at radius 3 is 2.63 bits per heavy atom. The molecular weight excluding hydrogens is 544 g/mol. The summed E-state index contributed by atoms with van der Waals surface area (Å²) in [4.78, 5) is 32.5. The topological polar surface area (TPSA) is 166 Å². The molecule has 0 saturated carbocycles. The molecule has 5 rings (SSSR count). The van der Waals surface area contributed by atoms with Gasteiger partial charge in [0.05, 0.1) is 16.6 Å². The largest absolute Gasteiger partial charge is 0.478 e. The average molecular weight is 571 g/mol. The summed E-state index contributed by atoms with van der Waals surface area (Å²) in [5.74, 6) is -2.10. The minimum Gasteiger partial charge on any atom is -0.478 e.